The third kappa shape index (κ3) is 4.00. The number of pyridine rings is 1. The minimum Gasteiger partial charge on any atom is -0.326 e. The smallest absolute Gasteiger partial charge is 0.225 e. The first kappa shape index (κ1) is 14.0. The van der Waals surface area contributed by atoms with Gasteiger partial charge in [0.2, 0.25) is 5.91 Å². The number of anilines is 1. The molecule has 2 N–H and O–H groups in total. The van der Waals surface area contributed by atoms with Crippen LogP contribution in [0.2, 0.25) is 0 Å². The standard InChI is InChI=1S/C12H17N3O3S/c1-9-7-13-3-2-11(9)15-12(16)6-10-8-19(17,18)5-4-14-10/h2-3,7,10,14H,4-6,8H2,1H3,(H,13,15,16). The van der Waals surface area contributed by atoms with Crippen molar-refractivity contribution in [3.05, 3.63) is 24.0 Å². The summed E-state index contributed by atoms with van der Waals surface area (Å²) in [5, 5.41) is 5.82. The second-order valence-electron chi connectivity index (χ2n) is 4.71. The molecule has 0 aromatic carbocycles. The molecule has 0 spiro atoms. The molecule has 1 aromatic rings. The number of aromatic nitrogens is 1. The second kappa shape index (κ2) is 5.66. The molecule has 2 rings (SSSR count). The van der Waals surface area contributed by atoms with Gasteiger partial charge in [-0.15, -0.1) is 0 Å². The van der Waals surface area contributed by atoms with Crippen LogP contribution >= 0.6 is 0 Å². The topological polar surface area (TPSA) is 88.2 Å². The number of carbonyl (C=O) groups excluding carboxylic acids is 1. The quantitative estimate of drug-likeness (QED) is 0.821. The largest absolute Gasteiger partial charge is 0.326 e. The Balaban J connectivity index is 1.93. The first-order valence-corrected chi connectivity index (χ1v) is 7.93. The van der Waals surface area contributed by atoms with E-state index < -0.39 is 9.84 Å². The molecule has 6 nitrogen and oxygen atoms in total. The molecule has 1 fully saturated rings. The highest BCUT2D eigenvalue weighted by atomic mass is 32.2. The first-order valence-electron chi connectivity index (χ1n) is 6.10. The van der Waals surface area contributed by atoms with Gasteiger partial charge in [-0.1, -0.05) is 0 Å². The summed E-state index contributed by atoms with van der Waals surface area (Å²) in [5.74, 6) is -0.0199. The molecular weight excluding hydrogens is 266 g/mol. The maximum atomic E-state index is 11.9. The lowest BCUT2D eigenvalue weighted by Gasteiger charge is -2.23. The van der Waals surface area contributed by atoms with Crippen LogP contribution in [-0.4, -0.2) is 43.4 Å². The van der Waals surface area contributed by atoms with Crippen molar-refractivity contribution in [3.8, 4) is 0 Å². The minimum absolute atomic E-state index is 0.0236. The molecule has 19 heavy (non-hydrogen) atoms. The van der Waals surface area contributed by atoms with E-state index in [9.17, 15) is 13.2 Å². The summed E-state index contributed by atoms with van der Waals surface area (Å²) in [7, 11) is -3.01. The van der Waals surface area contributed by atoms with E-state index in [2.05, 4.69) is 15.6 Å². The maximum absolute atomic E-state index is 11.9. The van der Waals surface area contributed by atoms with Crippen molar-refractivity contribution >= 4 is 21.4 Å². The van der Waals surface area contributed by atoms with Gasteiger partial charge in [-0.2, -0.15) is 0 Å². The van der Waals surface area contributed by atoms with Gasteiger partial charge in [-0.25, -0.2) is 8.42 Å². The number of carbonyl (C=O) groups is 1. The third-order valence-electron chi connectivity index (χ3n) is 3.03. The summed E-state index contributed by atoms with van der Waals surface area (Å²) >= 11 is 0. The zero-order valence-corrected chi connectivity index (χ0v) is 11.5. The average molecular weight is 283 g/mol. The molecule has 1 amide bonds. The number of aryl methyl sites for hydroxylation is 1. The predicted octanol–water partition coefficient (Wildman–Crippen LogP) is 0.105. The molecule has 1 saturated heterocycles. The van der Waals surface area contributed by atoms with Crippen molar-refractivity contribution in [2.45, 2.75) is 19.4 Å². The average Bonchev–Trinajstić information content (AvgIpc) is 2.30. The first-order chi connectivity index (χ1) is 8.96. The fourth-order valence-electron chi connectivity index (χ4n) is 2.04. The van der Waals surface area contributed by atoms with E-state index in [0.29, 0.717) is 12.2 Å². The Hall–Kier alpha value is -1.47. The molecule has 0 bridgehead atoms. The lowest BCUT2D eigenvalue weighted by molar-refractivity contribution is -0.116. The Bertz CT molecular complexity index is 571. The van der Waals surface area contributed by atoms with Crippen molar-refractivity contribution in [2.24, 2.45) is 0 Å². The fourth-order valence-corrected chi connectivity index (χ4v) is 3.48. The van der Waals surface area contributed by atoms with Crippen LogP contribution in [0, 0.1) is 6.92 Å². The van der Waals surface area contributed by atoms with E-state index in [4.69, 9.17) is 0 Å². The molecule has 1 aliphatic heterocycles. The molecule has 7 heteroatoms. The highest BCUT2D eigenvalue weighted by Crippen LogP contribution is 2.13. The number of hydrogen-bond acceptors (Lipinski definition) is 5. The fraction of sp³-hybridized carbons (Fsp3) is 0.500. The van der Waals surface area contributed by atoms with E-state index in [1.165, 1.54) is 0 Å². The molecule has 1 unspecified atom stereocenters. The number of rotatable bonds is 3. The normalized spacial score (nSPS) is 21.8. The number of nitrogens with zero attached hydrogens (tertiary/aromatic N) is 1. The van der Waals surface area contributed by atoms with Gasteiger partial charge in [0.15, 0.2) is 9.84 Å². The lowest BCUT2D eigenvalue weighted by Crippen LogP contribution is -2.46. The Morgan fingerprint density at radius 3 is 3.05 bits per heavy atom. The van der Waals surface area contributed by atoms with Crippen LogP contribution in [0.3, 0.4) is 0 Å². The van der Waals surface area contributed by atoms with Gasteiger partial charge in [0, 0.05) is 37.1 Å². The van der Waals surface area contributed by atoms with Crippen molar-refractivity contribution in [1.29, 1.82) is 0 Å². The minimum atomic E-state index is -3.01. The number of sulfone groups is 1. The highest BCUT2D eigenvalue weighted by molar-refractivity contribution is 7.91. The predicted molar refractivity (Wildman–Crippen MR) is 72.7 cm³/mol. The molecule has 1 aromatic heterocycles. The summed E-state index contributed by atoms with van der Waals surface area (Å²) in [5.41, 5.74) is 1.58. The third-order valence-corrected chi connectivity index (χ3v) is 4.76. The molecule has 1 aliphatic rings. The van der Waals surface area contributed by atoms with Gasteiger partial charge in [0.25, 0.3) is 0 Å². The number of hydrogen-bond donors (Lipinski definition) is 2. The summed E-state index contributed by atoms with van der Waals surface area (Å²) < 4.78 is 22.9. The van der Waals surface area contributed by atoms with Crippen LogP contribution in [0.5, 0.6) is 0 Å². The number of amides is 1. The van der Waals surface area contributed by atoms with Crippen molar-refractivity contribution in [1.82, 2.24) is 10.3 Å². The Morgan fingerprint density at radius 1 is 1.58 bits per heavy atom. The molecule has 0 saturated carbocycles. The highest BCUT2D eigenvalue weighted by Gasteiger charge is 2.25. The van der Waals surface area contributed by atoms with E-state index >= 15 is 0 Å². The van der Waals surface area contributed by atoms with Gasteiger partial charge in [0.1, 0.15) is 0 Å². The molecule has 0 radical (unpaired) electrons. The summed E-state index contributed by atoms with van der Waals surface area (Å²) in [4.78, 5) is 15.8. The Kier molecular flexibility index (Phi) is 4.16. The second-order valence-corrected chi connectivity index (χ2v) is 6.94. The SMILES string of the molecule is Cc1cnccc1NC(=O)CC1CS(=O)(=O)CCN1. The molecule has 104 valence electrons. The van der Waals surface area contributed by atoms with E-state index in [1.807, 2.05) is 6.92 Å². The van der Waals surface area contributed by atoms with Crippen LogP contribution in [0.4, 0.5) is 5.69 Å². The van der Waals surface area contributed by atoms with Crippen LogP contribution < -0.4 is 10.6 Å². The van der Waals surface area contributed by atoms with Gasteiger partial charge in [-0.05, 0) is 18.6 Å². The molecule has 1 atom stereocenters. The molecule has 0 aliphatic carbocycles. The van der Waals surface area contributed by atoms with Crippen LogP contribution in [-0.2, 0) is 14.6 Å². The van der Waals surface area contributed by atoms with Crippen molar-refractivity contribution in [2.75, 3.05) is 23.4 Å². The van der Waals surface area contributed by atoms with Crippen molar-refractivity contribution < 1.29 is 13.2 Å². The van der Waals surface area contributed by atoms with Gasteiger partial charge >= 0.3 is 0 Å². The zero-order valence-electron chi connectivity index (χ0n) is 10.7. The Labute approximate surface area is 112 Å². The van der Waals surface area contributed by atoms with E-state index in [-0.39, 0.29) is 29.9 Å². The molecule has 2 heterocycles. The van der Waals surface area contributed by atoms with E-state index in [0.717, 1.165) is 5.56 Å². The summed E-state index contributed by atoms with van der Waals surface area (Å²) in [6.45, 7) is 2.26. The van der Waals surface area contributed by atoms with Crippen molar-refractivity contribution in [3.63, 3.8) is 0 Å². The van der Waals surface area contributed by atoms with Crippen LogP contribution in [0.15, 0.2) is 18.5 Å². The summed E-state index contributed by atoms with van der Waals surface area (Å²) in [6, 6.07) is 1.42. The zero-order chi connectivity index (χ0) is 13.9. The number of nitrogens with one attached hydrogen (secondary N) is 2. The van der Waals surface area contributed by atoms with Crippen LogP contribution in [0.25, 0.3) is 0 Å². The maximum Gasteiger partial charge on any atom is 0.225 e. The van der Waals surface area contributed by atoms with Gasteiger partial charge in [-0.3, -0.25) is 9.78 Å². The monoisotopic (exact) mass is 283 g/mol. The van der Waals surface area contributed by atoms with Crippen LogP contribution in [0.1, 0.15) is 12.0 Å². The Morgan fingerprint density at radius 2 is 2.37 bits per heavy atom. The van der Waals surface area contributed by atoms with E-state index in [1.54, 1.807) is 18.5 Å². The van der Waals surface area contributed by atoms with Gasteiger partial charge < -0.3 is 10.6 Å². The lowest BCUT2D eigenvalue weighted by atomic mass is 10.2. The summed E-state index contributed by atoms with van der Waals surface area (Å²) in [6.07, 6.45) is 3.42. The molecular formula is C12H17N3O3S. The van der Waals surface area contributed by atoms with Gasteiger partial charge in [0.05, 0.1) is 11.5 Å².